The van der Waals surface area contributed by atoms with Crippen LogP contribution in [-0.2, 0) is 14.8 Å². The van der Waals surface area contributed by atoms with E-state index in [1.165, 1.54) is 25.3 Å². The van der Waals surface area contributed by atoms with Crippen molar-refractivity contribution in [3.63, 3.8) is 0 Å². The summed E-state index contributed by atoms with van der Waals surface area (Å²) in [5, 5.41) is 2.63. The van der Waals surface area contributed by atoms with Crippen LogP contribution in [0.2, 0.25) is 0 Å². The molecular formula is C16H16N2O5S. The molecular weight excluding hydrogens is 332 g/mol. The predicted octanol–water partition coefficient (Wildman–Crippen LogP) is 2.22. The van der Waals surface area contributed by atoms with E-state index in [0.29, 0.717) is 22.9 Å². The van der Waals surface area contributed by atoms with Crippen LogP contribution in [0.4, 0.5) is 11.4 Å². The SMILES string of the molecule is COc1ccccc1NS(=O)(=O)c1ccc2c(c1)NC(=O)[C@H](C)O2. The molecule has 0 saturated carbocycles. The molecule has 1 aliphatic rings. The first kappa shape index (κ1) is 16.1. The van der Waals surface area contributed by atoms with Crippen LogP contribution in [0.3, 0.4) is 0 Å². The number of carbonyl (C=O) groups is 1. The highest BCUT2D eigenvalue weighted by Crippen LogP contribution is 2.33. The number of methoxy groups -OCH3 is 1. The van der Waals surface area contributed by atoms with Crippen LogP contribution in [0, 0.1) is 0 Å². The van der Waals surface area contributed by atoms with Gasteiger partial charge in [-0.3, -0.25) is 9.52 Å². The molecule has 1 heterocycles. The maximum atomic E-state index is 12.6. The monoisotopic (exact) mass is 348 g/mol. The van der Waals surface area contributed by atoms with Gasteiger partial charge in [-0.15, -0.1) is 0 Å². The van der Waals surface area contributed by atoms with Gasteiger partial charge < -0.3 is 14.8 Å². The molecule has 126 valence electrons. The lowest BCUT2D eigenvalue weighted by molar-refractivity contribution is -0.122. The lowest BCUT2D eigenvalue weighted by atomic mass is 10.2. The van der Waals surface area contributed by atoms with Crippen molar-refractivity contribution in [2.75, 3.05) is 17.1 Å². The Morgan fingerprint density at radius 2 is 1.96 bits per heavy atom. The van der Waals surface area contributed by atoms with Gasteiger partial charge in [0.2, 0.25) is 0 Å². The number of nitrogens with one attached hydrogen (secondary N) is 2. The van der Waals surface area contributed by atoms with Gasteiger partial charge in [0.05, 0.1) is 23.4 Å². The second-order valence-corrected chi connectivity index (χ2v) is 6.90. The maximum absolute atomic E-state index is 12.6. The van der Waals surface area contributed by atoms with Crippen molar-refractivity contribution in [1.82, 2.24) is 0 Å². The van der Waals surface area contributed by atoms with E-state index in [2.05, 4.69) is 10.0 Å². The van der Waals surface area contributed by atoms with E-state index in [4.69, 9.17) is 9.47 Å². The number of fused-ring (bicyclic) bond motifs is 1. The van der Waals surface area contributed by atoms with E-state index in [0.717, 1.165) is 0 Å². The third-order valence-corrected chi connectivity index (χ3v) is 4.91. The van der Waals surface area contributed by atoms with Crippen LogP contribution < -0.4 is 19.5 Å². The Balaban J connectivity index is 1.93. The second kappa shape index (κ2) is 6.04. The van der Waals surface area contributed by atoms with Gasteiger partial charge in [-0.2, -0.15) is 0 Å². The molecule has 0 fully saturated rings. The quantitative estimate of drug-likeness (QED) is 0.883. The molecule has 2 aromatic carbocycles. The second-order valence-electron chi connectivity index (χ2n) is 5.21. The number of amides is 1. The van der Waals surface area contributed by atoms with E-state index in [1.54, 1.807) is 31.2 Å². The lowest BCUT2D eigenvalue weighted by Gasteiger charge is -2.23. The van der Waals surface area contributed by atoms with Gasteiger partial charge in [0.1, 0.15) is 11.5 Å². The van der Waals surface area contributed by atoms with Gasteiger partial charge in [-0.05, 0) is 37.3 Å². The minimum absolute atomic E-state index is 0.00519. The molecule has 0 unspecified atom stereocenters. The summed E-state index contributed by atoms with van der Waals surface area (Å²) in [6, 6.07) is 11.0. The Bertz CT molecular complexity index is 895. The number of hydrogen-bond donors (Lipinski definition) is 2. The van der Waals surface area contributed by atoms with Gasteiger partial charge in [0.15, 0.2) is 6.10 Å². The molecule has 0 aliphatic carbocycles. The van der Waals surface area contributed by atoms with Crippen LogP contribution in [0.5, 0.6) is 11.5 Å². The smallest absolute Gasteiger partial charge is 0.265 e. The fourth-order valence-electron chi connectivity index (χ4n) is 2.29. The zero-order valence-electron chi connectivity index (χ0n) is 13.1. The number of anilines is 2. The van der Waals surface area contributed by atoms with Crippen molar-refractivity contribution in [1.29, 1.82) is 0 Å². The number of carbonyl (C=O) groups excluding carboxylic acids is 1. The molecule has 1 aliphatic heterocycles. The number of para-hydroxylation sites is 2. The molecule has 8 heteroatoms. The molecule has 7 nitrogen and oxygen atoms in total. The highest BCUT2D eigenvalue weighted by molar-refractivity contribution is 7.92. The summed E-state index contributed by atoms with van der Waals surface area (Å²) in [4.78, 5) is 11.7. The molecule has 2 aromatic rings. The summed E-state index contributed by atoms with van der Waals surface area (Å²) in [5.74, 6) is 0.512. The molecule has 0 saturated heterocycles. The van der Waals surface area contributed by atoms with Crippen LogP contribution in [0.25, 0.3) is 0 Å². The van der Waals surface area contributed by atoms with Crippen molar-refractivity contribution in [3.05, 3.63) is 42.5 Å². The number of ether oxygens (including phenoxy) is 2. The van der Waals surface area contributed by atoms with Crippen LogP contribution in [0.1, 0.15) is 6.92 Å². The van der Waals surface area contributed by atoms with E-state index in [9.17, 15) is 13.2 Å². The third-order valence-electron chi connectivity index (χ3n) is 3.54. The highest BCUT2D eigenvalue weighted by atomic mass is 32.2. The standard InChI is InChI=1S/C16H16N2O5S/c1-10-16(19)17-13-9-11(7-8-15(13)23-10)24(20,21)18-12-5-3-4-6-14(12)22-2/h3-10,18H,1-2H3,(H,17,19)/t10-/m0/s1. The van der Waals surface area contributed by atoms with Gasteiger partial charge in [0.25, 0.3) is 15.9 Å². The van der Waals surface area contributed by atoms with Gasteiger partial charge in [-0.25, -0.2) is 8.42 Å². The largest absolute Gasteiger partial charge is 0.495 e. The molecule has 1 atom stereocenters. The molecule has 3 rings (SSSR count). The lowest BCUT2D eigenvalue weighted by Crippen LogP contribution is -2.34. The van der Waals surface area contributed by atoms with Crippen LogP contribution in [-0.4, -0.2) is 27.5 Å². The average Bonchev–Trinajstić information content (AvgIpc) is 2.55. The van der Waals surface area contributed by atoms with Crippen LogP contribution >= 0.6 is 0 Å². The maximum Gasteiger partial charge on any atom is 0.265 e. The summed E-state index contributed by atoms with van der Waals surface area (Å²) >= 11 is 0. The Kier molecular flexibility index (Phi) is 4.06. The van der Waals surface area contributed by atoms with Gasteiger partial charge in [0, 0.05) is 0 Å². The Hall–Kier alpha value is -2.74. The highest BCUT2D eigenvalue weighted by Gasteiger charge is 2.26. The zero-order valence-corrected chi connectivity index (χ0v) is 13.9. The fraction of sp³-hybridized carbons (Fsp3) is 0.188. The first-order valence-electron chi connectivity index (χ1n) is 7.18. The van der Waals surface area contributed by atoms with E-state index in [-0.39, 0.29) is 10.8 Å². The van der Waals surface area contributed by atoms with Crippen LogP contribution in [0.15, 0.2) is 47.4 Å². The van der Waals surface area contributed by atoms with Crippen molar-refractivity contribution in [3.8, 4) is 11.5 Å². The topological polar surface area (TPSA) is 93.7 Å². The van der Waals surface area contributed by atoms with E-state index >= 15 is 0 Å². The first-order chi connectivity index (χ1) is 11.4. The molecule has 0 radical (unpaired) electrons. The molecule has 2 N–H and O–H groups in total. The normalized spacial score (nSPS) is 16.6. The predicted molar refractivity (Wildman–Crippen MR) is 89.0 cm³/mol. The number of sulfonamides is 1. The van der Waals surface area contributed by atoms with Crippen molar-refractivity contribution in [2.45, 2.75) is 17.9 Å². The first-order valence-corrected chi connectivity index (χ1v) is 8.66. The number of benzene rings is 2. The molecule has 24 heavy (non-hydrogen) atoms. The number of hydrogen-bond acceptors (Lipinski definition) is 5. The minimum atomic E-state index is -3.85. The zero-order chi connectivity index (χ0) is 17.3. The summed E-state index contributed by atoms with van der Waals surface area (Å²) in [6.07, 6.45) is -0.619. The van der Waals surface area contributed by atoms with Crippen molar-refractivity contribution in [2.24, 2.45) is 0 Å². The van der Waals surface area contributed by atoms with Gasteiger partial charge in [-0.1, -0.05) is 12.1 Å². The third kappa shape index (κ3) is 3.00. The minimum Gasteiger partial charge on any atom is -0.495 e. The van der Waals surface area contributed by atoms with E-state index < -0.39 is 16.1 Å². The van der Waals surface area contributed by atoms with Crippen molar-refractivity contribution < 1.29 is 22.7 Å². The summed E-state index contributed by atoms with van der Waals surface area (Å²) in [7, 11) is -2.39. The number of rotatable bonds is 4. The Morgan fingerprint density at radius 3 is 2.71 bits per heavy atom. The molecule has 0 aromatic heterocycles. The summed E-state index contributed by atoms with van der Waals surface area (Å²) in [5.41, 5.74) is 0.646. The fourth-order valence-corrected chi connectivity index (χ4v) is 3.38. The van der Waals surface area contributed by atoms with Crippen molar-refractivity contribution >= 4 is 27.3 Å². The molecule has 0 bridgehead atoms. The van der Waals surface area contributed by atoms with Gasteiger partial charge >= 0.3 is 0 Å². The summed E-state index contributed by atoms with van der Waals surface area (Å²) < 4.78 is 38.2. The molecule has 1 amide bonds. The Morgan fingerprint density at radius 1 is 1.21 bits per heavy atom. The average molecular weight is 348 g/mol. The Labute approximate surface area is 139 Å². The molecule has 0 spiro atoms. The summed E-state index contributed by atoms with van der Waals surface area (Å²) in [6.45, 7) is 1.62. The van der Waals surface area contributed by atoms with E-state index in [1.807, 2.05) is 0 Å².